The van der Waals surface area contributed by atoms with Crippen molar-refractivity contribution in [1.82, 2.24) is 14.7 Å². The highest BCUT2D eigenvalue weighted by molar-refractivity contribution is 5.44. The first kappa shape index (κ1) is 18.5. The third-order valence-corrected chi connectivity index (χ3v) is 4.59. The third-order valence-electron chi connectivity index (χ3n) is 4.59. The van der Waals surface area contributed by atoms with Crippen LogP contribution in [0.5, 0.6) is 11.5 Å². The van der Waals surface area contributed by atoms with Gasteiger partial charge in [-0.25, -0.2) is 0 Å². The van der Waals surface area contributed by atoms with Gasteiger partial charge < -0.3 is 14.2 Å². The second kappa shape index (κ2) is 8.38. The predicted molar refractivity (Wildman–Crippen MR) is 100 cm³/mol. The fourth-order valence-electron chi connectivity index (χ4n) is 3.15. The molecule has 1 aliphatic rings. The molecule has 1 aliphatic heterocycles. The summed E-state index contributed by atoms with van der Waals surface area (Å²) in [5.41, 5.74) is 3.45. The van der Waals surface area contributed by atoms with Crippen molar-refractivity contribution >= 4 is 0 Å². The quantitative estimate of drug-likeness (QED) is 0.645. The third kappa shape index (κ3) is 4.26. The number of hydrogen-bond donors (Lipinski definition) is 0. The number of ether oxygens (including phenoxy) is 3. The van der Waals surface area contributed by atoms with Gasteiger partial charge in [-0.05, 0) is 31.5 Å². The molecule has 0 unspecified atom stereocenters. The Bertz CT molecular complexity index is 757. The van der Waals surface area contributed by atoms with Gasteiger partial charge in [0, 0.05) is 38.0 Å². The maximum atomic E-state index is 5.51. The standard InChI is InChI=1S/C20H27N3O3/c1-5-8-23-12-18(16(3)21-23)11-22(15(2)13-24-4)10-17-6-7-19-20(9-17)26-14-25-19/h5-7,9,12,15H,1,8,10-11,13-14H2,2-4H3/t15-/m1/s1. The highest BCUT2D eigenvalue weighted by Gasteiger charge is 2.19. The molecule has 0 spiro atoms. The first-order chi connectivity index (χ1) is 12.6. The van der Waals surface area contributed by atoms with Crippen molar-refractivity contribution < 1.29 is 14.2 Å². The highest BCUT2D eigenvalue weighted by Crippen LogP contribution is 2.33. The minimum Gasteiger partial charge on any atom is -0.454 e. The second-order valence-electron chi connectivity index (χ2n) is 6.65. The first-order valence-corrected chi connectivity index (χ1v) is 8.86. The number of allylic oxidation sites excluding steroid dienone is 1. The maximum absolute atomic E-state index is 5.51. The van der Waals surface area contributed by atoms with Gasteiger partial charge in [0.25, 0.3) is 0 Å². The zero-order valence-electron chi connectivity index (χ0n) is 15.8. The maximum Gasteiger partial charge on any atom is 0.231 e. The number of fused-ring (bicyclic) bond motifs is 1. The molecule has 140 valence electrons. The summed E-state index contributed by atoms with van der Waals surface area (Å²) in [6, 6.07) is 6.40. The Morgan fingerprint density at radius 3 is 2.92 bits per heavy atom. The van der Waals surface area contributed by atoms with Crippen molar-refractivity contribution in [1.29, 1.82) is 0 Å². The lowest BCUT2D eigenvalue weighted by Gasteiger charge is -2.28. The Labute approximate surface area is 155 Å². The molecule has 1 aromatic heterocycles. The molecule has 6 heteroatoms. The average molecular weight is 357 g/mol. The van der Waals surface area contributed by atoms with Gasteiger partial charge >= 0.3 is 0 Å². The summed E-state index contributed by atoms with van der Waals surface area (Å²) >= 11 is 0. The van der Waals surface area contributed by atoms with Crippen LogP contribution in [0.1, 0.15) is 23.7 Å². The highest BCUT2D eigenvalue weighted by atomic mass is 16.7. The van der Waals surface area contributed by atoms with Crippen molar-refractivity contribution in [2.75, 3.05) is 20.5 Å². The Morgan fingerprint density at radius 1 is 1.35 bits per heavy atom. The van der Waals surface area contributed by atoms with Crippen LogP contribution in [0.2, 0.25) is 0 Å². The van der Waals surface area contributed by atoms with E-state index in [0.717, 1.165) is 36.8 Å². The first-order valence-electron chi connectivity index (χ1n) is 8.86. The molecule has 0 bridgehead atoms. The van der Waals surface area contributed by atoms with Gasteiger partial charge in [0.2, 0.25) is 6.79 Å². The fourth-order valence-corrected chi connectivity index (χ4v) is 3.15. The van der Waals surface area contributed by atoms with E-state index in [9.17, 15) is 0 Å². The molecule has 1 atom stereocenters. The summed E-state index contributed by atoms with van der Waals surface area (Å²) in [5, 5.41) is 4.56. The van der Waals surface area contributed by atoms with Crippen molar-refractivity contribution in [2.24, 2.45) is 0 Å². The van der Waals surface area contributed by atoms with Crippen LogP contribution in [0.25, 0.3) is 0 Å². The van der Waals surface area contributed by atoms with Crippen LogP contribution in [-0.4, -0.2) is 41.2 Å². The Morgan fingerprint density at radius 2 is 2.15 bits per heavy atom. The molecule has 26 heavy (non-hydrogen) atoms. The van der Waals surface area contributed by atoms with E-state index < -0.39 is 0 Å². The zero-order chi connectivity index (χ0) is 18.5. The number of methoxy groups -OCH3 is 1. The molecule has 0 amide bonds. The van der Waals surface area contributed by atoms with Crippen LogP contribution in [0, 0.1) is 6.92 Å². The minimum absolute atomic E-state index is 0.271. The molecule has 0 N–H and O–H groups in total. The lowest BCUT2D eigenvalue weighted by Crippen LogP contribution is -2.35. The number of aryl methyl sites for hydroxylation is 1. The van der Waals surface area contributed by atoms with Gasteiger partial charge in [-0.3, -0.25) is 9.58 Å². The van der Waals surface area contributed by atoms with Crippen LogP contribution in [-0.2, 0) is 24.4 Å². The van der Waals surface area contributed by atoms with E-state index in [1.807, 2.05) is 16.8 Å². The SMILES string of the molecule is C=CCn1cc(CN(Cc2ccc3c(c2)OCO3)[C@H](C)COC)c(C)n1. The van der Waals surface area contributed by atoms with Gasteiger partial charge in [-0.15, -0.1) is 6.58 Å². The lowest BCUT2D eigenvalue weighted by molar-refractivity contribution is 0.0893. The fraction of sp³-hybridized carbons (Fsp3) is 0.450. The summed E-state index contributed by atoms with van der Waals surface area (Å²) < 4.78 is 18.2. The Balaban J connectivity index is 1.77. The molecule has 0 saturated heterocycles. The molecular weight excluding hydrogens is 330 g/mol. The van der Waals surface area contributed by atoms with Crippen molar-refractivity contribution in [3.05, 3.63) is 53.9 Å². The number of hydrogen-bond acceptors (Lipinski definition) is 5. The van der Waals surface area contributed by atoms with Gasteiger partial charge in [0.15, 0.2) is 11.5 Å². The number of benzene rings is 1. The van der Waals surface area contributed by atoms with Crippen molar-refractivity contribution in [3.63, 3.8) is 0 Å². The van der Waals surface area contributed by atoms with Crippen LogP contribution in [0.3, 0.4) is 0 Å². The normalized spacial score (nSPS) is 14.0. The Kier molecular flexibility index (Phi) is 5.96. The molecule has 2 heterocycles. The van der Waals surface area contributed by atoms with Gasteiger partial charge in [-0.2, -0.15) is 5.10 Å². The van der Waals surface area contributed by atoms with Gasteiger partial charge in [0.05, 0.1) is 18.8 Å². The molecule has 0 saturated carbocycles. The summed E-state index contributed by atoms with van der Waals surface area (Å²) in [6.07, 6.45) is 3.96. The van der Waals surface area contributed by atoms with E-state index in [4.69, 9.17) is 14.2 Å². The summed E-state index contributed by atoms with van der Waals surface area (Å²) in [5.74, 6) is 1.63. The molecule has 6 nitrogen and oxygen atoms in total. The molecule has 3 rings (SSSR count). The molecule has 0 radical (unpaired) electrons. The molecular formula is C20H27N3O3. The number of rotatable bonds is 9. The largest absolute Gasteiger partial charge is 0.454 e. The smallest absolute Gasteiger partial charge is 0.231 e. The Hall–Kier alpha value is -2.31. The molecule has 0 aliphatic carbocycles. The van der Waals surface area contributed by atoms with Gasteiger partial charge in [0.1, 0.15) is 0 Å². The molecule has 1 aromatic carbocycles. The van der Waals surface area contributed by atoms with Crippen molar-refractivity contribution in [3.8, 4) is 11.5 Å². The van der Waals surface area contributed by atoms with Crippen LogP contribution in [0.15, 0.2) is 37.1 Å². The van der Waals surface area contributed by atoms with E-state index in [1.54, 1.807) is 7.11 Å². The van der Waals surface area contributed by atoms with E-state index in [1.165, 1.54) is 11.1 Å². The predicted octanol–water partition coefficient (Wildman–Crippen LogP) is 3.14. The van der Waals surface area contributed by atoms with Crippen LogP contribution < -0.4 is 9.47 Å². The second-order valence-corrected chi connectivity index (χ2v) is 6.65. The lowest BCUT2D eigenvalue weighted by atomic mass is 10.1. The molecule has 0 fully saturated rings. The monoisotopic (exact) mass is 357 g/mol. The van der Waals surface area contributed by atoms with Crippen LogP contribution >= 0.6 is 0 Å². The van der Waals surface area contributed by atoms with E-state index in [2.05, 4.69) is 48.8 Å². The summed E-state index contributed by atoms with van der Waals surface area (Å²) in [6.45, 7) is 11.3. The zero-order valence-corrected chi connectivity index (χ0v) is 15.8. The average Bonchev–Trinajstić information content (AvgIpc) is 3.21. The van der Waals surface area contributed by atoms with E-state index >= 15 is 0 Å². The minimum atomic E-state index is 0.271. The van der Waals surface area contributed by atoms with Crippen LogP contribution in [0.4, 0.5) is 0 Å². The van der Waals surface area contributed by atoms with E-state index in [0.29, 0.717) is 13.4 Å². The molecule has 2 aromatic rings. The van der Waals surface area contributed by atoms with Crippen molar-refractivity contribution in [2.45, 2.75) is 39.5 Å². The topological polar surface area (TPSA) is 48.8 Å². The van der Waals surface area contributed by atoms with E-state index in [-0.39, 0.29) is 6.04 Å². The summed E-state index contributed by atoms with van der Waals surface area (Å²) in [4.78, 5) is 2.39. The number of aromatic nitrogens is 2. The van der Waals surface area contributed by atoms with Gasteiger partial charge in [-0.1, -0.05) is 12.1 Å². The summed E-state index contributed by atoms with van der Waals surface area (Å²) in [7, 11) is 1.74. The number of nitrogens with zero attached hydrogens (tertiary/aromatic N) is 3.